The largest absolute Gasteiger partial charge is 0.465 e. The summed E-state index contributed by atoms with van der Waals surface area (Å²) in [6.07, 6.45) is -0.999. The maximum atomic E-state index is 10.7. The first kappa shape index (κ1) is 12.0. The fourth-order valence-electron chi connectivity index (χ4n) is 3.12. The molecule has 3 heteroatoms. The molecule has 4 aromatic rings. The molecule has 4 aromatic carbocycles. The Kier molecular flexibility index (Phi) is 2.48. The van der Waals surface area contributed by atoms with Gasteiger partial charge in [0.15, 0.2) is 0 Å². The van der Waals surface area contributed by atoms with Crippen LogP contribution in [0.25, 0.3) is 32.3 Å². The van der Waals surface area contributed by atoms with E-state index in [1.807, 2.05) is 6.07 Å². The Labute approximate surface area is 121 Å². The molecule has 0 fully saturated rings. The van der Waals surface area contributed by atoms with Gasteiger partial charge in [0.05, 0.1) is 0 Å². The fraction of sp³-hybridized carbons (Fsp3) is 0.0556. The Hall–Kier alpha value is -2.81. The van der Waals surface area contributed by atoms with Gasteiger partial charge < -0.3 is 10.4 Å². The van der Waals surface area contributed by atoms with Gasteiger partial charge in [0.1, 0.15) is 0 Å². The minimum absolute atomic E-state index is 0.323. The summed E-state index contributed by atoms with van der Waals surface area (Å²) in [5.41, 5.74) is 1.00. The van der Waals surface area contributed by atoms with Crippen molar-refractivity contribution >= 4 is 38.4 Å². The summed E-state index contributed by atoms with van der Waals surface area (Å²) in [7, 11) is 0. The molecule has 0 spiro atoms. The van der Waals surface area contributed by atoms with E-state index in [4.69, 9.17) is 5.11 Å². The average Bonchev–Trinajstić information content (AvgIpc) is 2.51. The quantitative estimate of drug-likeness (QED) is 0.534. The van der Waals surface area contributed by atoms with E-state index in [1.54, 1.807) is 0 Å². The molecule has 4 rings (SSSR count). The highest BCUT2D eigenvalue weighted by atomic mass is 16.4. The molecule has 0 saturated carbocycles. The van der Waals surface area contributed by atoms with Crippen LogP contribution < -0.4 is 5.32 Å². The highest BCUT2D eigenvalue weighted by Gasteiger charge is 2.10. The minimum Gasteiger partial charge on any atom is -0.465 e. The third kappa shape index (κ3) is 1.78. The predicted octanol–water partition coefficient (Wildman–Crippen LogP) is 4.35. The molecule has 0 aliphatic carbocycles. The van der Waals surface area contributed by atoms with Crippen molar-refractivity contribution in [1.82, 2.24) is 5.32 Å². The van der Waals surface area contributed by atoms with E-state index in [0.717, 1.165) is 10.9 Å². The lowest BCUT2D eigenvalue weighted by molar-refractivity contribution is 0.194. The Morgan fingerprint density at radius 2 is 1.48 bits per heavy atom. The number of benzene rings is 4. The first-order valence-corrected chi connectivity index (χ1v) is 6.86. The average molecular weight is 275 g/mol. The molecule has 21 heavy (non-hydrogen) atoms. The van der Waals surface area contributed by atoms with Crippen LogP contribution >= 0.6 is 0 Å². The molecule has 0 radical (unpaired) electrons. The van der Waals surface area contributed by atoms with Crippen molar-refractivity contribution in [3.63, 3.8) is 0 Å². The van der Waals surface area contributed by atoms with Gasteiger partial charge in [0.2, 0.25) is 0 Å². The Morgan fingerprint density at radius 1 is 0.857 bits per heavy atom. The van der Waals surface area contributed by atoms with Crippen molar-refractivity contribution in [2.45, 2.75) is 6.54 Å². The van der Waals surface area contributed by atoms with Crippen LogP contribution in [0.5, 0.6) is 0 Å². The molecule has 0 aromatic heterocycles. The van der Waals surface area contributed by atoms with Crippen LogP contribution in [-0.4, -0.2) is 11.2 Å². The Bertz CT molecular complexity index is 959. The number of carbonyl (C=O) groups is 1. The second-order valence-electron chi connectivity index (χ2n) is 5.24. The van der Waals surface area contributed by atoms with Crippen LogP contribution in [-0.2, 0) is 6.54 Å². The molecule has 2 N–H and O–H groups in total. The van der Waals surface area contributed by atoms with Crippen molar-refractivity contribution in [3.05, 3.63) is 60.2 Å². The van der Waals surface area contributed by atoms with Gasteiger partial charge >= 0.3 is 6.09 Å². The highest BCUT2D eigenvalue weighted by molar-refractivity contribution is 6.23. The van der Waals surface area contributed by atoms with Crippen LogP contribution in [0, 0.1) is 0 Å². The zero-order chi connectivity index (χ0) is 14.4. The summed E-state index contributed by atoms with van der Waals surface area (Å²) >= 11 is 0. The third-order valence-electron chi connectivity index (χ3n) is 4.05. The monoisotopic (exact) mass is 275 g/mol. The smallest absolute Gasteiger partial charge is 0.404 e. The van der Waals surface area contributed by atoms with E-state index in [2.05, 4.69) is 53.8 Å². The maximum absolute atomic E-state index is 10.7. The molecule has 0 bridgehead atoms. The summed E-state index contributed by atoms with van der Waals surface area (Å²) in [6.45, 7) is 0.323. The van der Waals surface area contributed by atoms with Crippen LogP contribution in [0.2, 0.25) is 0 Å². The van der Waals surface area contributed by atoms with Crippen LogP contribution in [0.4, 0.5) is 4.79 Å². The van der Waals surface area contributed by atoms with Crippen molar-refractivity contribution < 1.29 is 9.90 Å². The summed E-state index contributed by atoms with van der Waals surface area (Å²) in [4.78, 5) is 10.7. The van der Waals surface area contributed by atoms with Crippen molar-refractivity contribution in [2.75, 3.05) is 0 Å². The van der Waals surface area contributed by atoms with Gasteiger partial charge in [-0.1, -0.05) is 54.6 Å². The molecule has 1 amide bonds. The lowest BCUT2D eigenvalue weighted by Gasteiger charge is -2.13. The van der Waals surface area contributed by atoms with Gasteiger partial charge in [0.25, 0.3) is 0 Å². The zero-order valence-electron chi connectivity index (χ0n) is 11.3. The number of carboxylic acid groups (broad SMARTS) is 1. The standard InChI is InChI=1S/C18H13NO2/c20-18(21)19-10-14-7-6-13-5-4-11-2-1-3-12-8-9-15(14)17(13)16(11)12/h1-9,19H,10H2,(H,20,21). The van der Waals surface area contributed by atoms with Crippen LogP contribution in [0.1, 0.15) is 5.56 Å². The predicted molar refractivity (Wildman–Crippen MR) is 85.0 cm³/mol. The molecule has 0 aliphatic rings. The Balaban J connectivity index is 2.08. The van der Waals surface area contributed by atoms with Gasteiger partial charge in [-0.2, -0.15) is 0 Å². The SMILES string of the molecule is O=C(O)NCc1ccc2ccc3cccc4ccc1c2c34. The van der Waals surface area contributed by atoms with Gasteiger partial charge in [-0.15, -0.1) is 0 Å². The number of hydrogen-bond donors (Lipinski definition) is 2. The third-order valence-corrected chi connectivity index (χ3v) is 4.05. The second kappa shape index (κ2) is 4.35. The zero-order valence-corrected chi connectivity index (χ0v) is 11.3. The van der Waals surface area contributed by atoms with Gasteiger partial charge in [-0.25, -0.2) is 4.79 Å². The van der Waals surface area contributed by atoms with E-state index < -0.39 is 6.09 Å². The van der Waals surface area contributed by atoms with E-state index in [9.17, 15) is 4.79 Å². The molecular formula is C18H13NO2. The minimum atomic E-state index is -0.999. The molecule has 3 nitrogen and oxygen atoms in total. The lowest BCUT2D eigenvalue weighted by atomic mass is 9.92. The summed E-state index contributed by atoms with van der Waals surface area (Å²) in [6, 6.07) is 18.8. The normalized spacial score (nSPS) is 11.4. The van der Waals surface area contributed by atoms with Crippen molar-refractivity contribution in [3.8, 4) is 0 Å². The molecule has 0 aliphatic heterocycles. The molecule has 0 saturated heterocycles. The molecule has 0 unspecified atom stereocenters. The molecule has 102 valence electrons. The van der Waals surface area contributed by atoms with E-state index in [-0.39, 0.29) is 0 Å². The maximum Gasteiger partial charge on any atom is 0.404 e. The summed E-state index contributed by atoms with van der Waals surface area (Å²) in [5.74, 6) is 0. The first-order chi connectivity index (χ1) is 10.2. The number of amides is 1. The molecule has 0 heterocycles. The van der Waals surface area contributed by atoms with Gasteiger partial charge in [-0.3, -0.25) is 0 Å². The molecule has 0 atom stereocenters. The number of hydrogen-bond acceptors (Lipinski definition) is 1. The Morgan fingerprint density at radius 3 is 2.19 bits per heavy atom. The second-order valence-corrected chi connectivity index (χ2v) is 5.24. The van der Waals surface area contributed by atoms with E-state index in [0.29, 0.717) is 6.54 Å². The highest BCUT2D eigenvalue weighted by Crippen LogP contribution is 2.35. The molecular weight excluding hydrogens is 262 g/mol. The van der Waals surface area contributed by atoms with Gasteiger partial charge in [0, 0.05) is 6.54 Å². The van der Waals surface area contributed by atoms with E-state index in [1.165, 1.54) is 26.9 Å². The summed E-state index contributed by atoms with van der Waals surface area (Å²) < 4.78 is 0. The van der Waals surface area contributed by atoms with E-state index >= 15 is 0 Å². The van der Waals surface area contributed by atoms with Crippen LogP contribution in [0.3, 0.4) is 0 Å². The van der Waals surface area contributed by atoms with Crippen molar-refractivity contribution in [2.24, 2.45) is 0 Å². The topological polar surface area (TPSA) is 49.3 Å². The lowest BCUT2D eigenvalue weighted by Crippen LogP contribution is -2.20. The number of nitrogens with one attached hydrogen (secondary N) is 1. The number of rotatable bonds is 2. The fourth-order valence-corrected chi connectivity index (χ4v) is 3.12. The summed E-state index contributed by atoms with van der Waals surface area (Å²) in [5, 5.41) is 18.5. The first-order valence-electron chi connectivity index (χ1n) is 6.86. The van der Waals surface area contributed by atoms with Crippen molar-refractivity contribution in [1.29, 1.82) is 0 Å². The van der Waals surface area contributed by atoms with Gasteiger partial charge in [-0.05, 0) is 37.9 Å². The van der Waals surface area contributed by atoms with Crippen LogP contribution in [0.15, 0.2) is 54.6 Å².